The molecule has 0 spiro atoms. The second-order valence-electron chi connectivity index (χ2n) is 35.9. The van der Waals surface area contributed by atoms with Crippen molar-refractivity contribution in [2.24, 2.45) is 0 Å². The highest BCUT2D eigenvalue weighted by Crippen LogP contribution is 2.52. The Hall–Kier alpha value is -9.25. The molecule has 0 atom stereocenters. The van der Waals surface area contributed by atoms with E-state index in [-0.39, 0.29) is 45.9 Å². The zero-order valence-electron chi connectivity index (χ0n) is 63.6. The summed E-state index contributed by atoms with van der Waals surface area (Å²) < 4.78 is 0. The standard InChI is InChI=1S/C94H100B2N4/c1-57-23-25-59(3)73(47-57)61-49-83-87-85(51-61)99(71-41-31-65(32-42-71)91(11,12)13)81-56-82-78(55-77(81)95(87)75-53-67(93(17,18)19)35-45-79(75)97(83)69-37-27-63(28-38-69)89(5,6)7)96-76-54-68(94(20,21)22)36-46-80(76)98(70-39-29-64(30-40-70)90(8,9)10)84-50-62(74-48-58(2)24-26-60(74)4)52-86(88(84)96)100(82)72-43-33-66(34-44-72)92(14,15)16/h23-56H,1-22H3. The van der Waals surface area contributed by atoms with Gasteiger partial charge in [-0.05, 0) is 251 Å². The molecule has 0 saturated heterocycles. The maximum absolute atomic E-state index is 2.73. The molecule has 4 aliphatic heterocycles. The predicted octanol–water partition coefficient (Wildman–Crippen LogP) is 22.2. The lowest BCUT2D eigenvalue weighted by Crippen LogP contribution is -2.65. The first-order valence-electron chi connectivity index (χ1n) is 36.6. The average Bonchev–Trinajstić information content (AvgIpc) is 0.680. The molecule has 4 nitrogen and oxygen atoms in total. The summed E-state index contributed by atoms with van der Waals surface area (Å²) in [4.78, 5) is 10.6. The minimum absolute atomic E-state index is 0.0169. The SMILES string of the molecule is Cc1ccc(C)c(-c2cc3c4c(c2)N(c2ccc(C(C)(C)C)cc2)c2cc5c(cc2B4c2cc(C(C)(C)C)ccc2N3c2ccc(C(C)(C)C)cc2)B2c3cc(C(C)(C)C)ccc3N(c3ccc(C(C)(C)C)cc3)c3cc(-c4cc(C)ccc4C)cc(c32)N5c2ccc(C(C)(C)C)cc2)c1. The third-order valence-corrected chi connectivity index (χ3v) is 22.4. The first kappa shape index (κ1) is 66.6. The smallest absolute Gasteiger partial charge is 0.252 e. The Morgan fingerprint density at radius 3 is 0.740 bits per heavy atom. The summed E-state index contributed by atoms with van der Waals surface area (Å²) in [5, 5.41) is 0. The van der Waals surface area contributed by atoms with Crippen molar-refractivity contribution in [2.75, 3.05) is 19.6 Å². The van der Waals surface area contributed by atoms with Crippen LogP contribution in [0.5, 0.6) is 0 Å². The Balaban J connectivity index is 1.12. The van der Waals surface area contributed by atoms with Crippen LogP contribution in [0, 0.1) is 27.7 Å². The van der Waals surface area contributed by atoms with E-state index in [0.717, 1.165) is 22.7 Å². The number of benzene rings is 11. The lowest BCUT2D eigenvalue weighted by molar-refractivity contribution is 0.590. The van der Waals surface area contributed by atoms with Crippen molar-refractivity contribution in [1.82, 2.24) is 0 Å². The number of aryl methyl sites for hydroxylation is 4. The monoisotopic (exact) mass is 1310 g/mol. The molecule has 0 aliphatic carbocycles. The fourth-order valence-electron chi connectivity index (χ4n) is 16.4. The molecule has 4 aliphatic rings. The van der Waals surface area contributed by atoms with Crippen molar-refractivity contribution in [3.8, 4) is 22.3 Å². The van der Waals surface area contributed by atoms with Crippen LogP contribution >= 0.6 is 0 Å². The van der Waals surface area contributed by atoms with E-state index < -0.39 is 0 Å². The second-order valence-corrected chi connectivity index (χ2v) is 35.9. The van der Waals surface area contributed by atoms with Crippen LogP contribution in [0.15, 0.2) is 206 Å². The Morgan fingerprint density at radius 1 is 0.220 bits per heavy atom. The van der Waals surface area contributed by atoms with Crippen LogP contribution < -0.4 is 52.4 Å². The topological polar surface area (TPSA) is 13.0 Å². The van der Waals surface area contributed by atoms with E-state index in [9.17, 15) is 0 Å². The molecule has 6 heteroatoms. The van der Waals surface area contributed by atoms with Gasteiger partial charge in [-0.1, -0.05) is 251 Å². The van der Waals surface area contributed by atoms with E-state index in [1.54, 1.807) is 0 Å². The summed E-state index contributed by atoms with van der Waals surface area (Å²) in [5.74, 6) is 0. The Morgan fingerprint density at radius 2 is 0.470 bits per heavy atom. The maximum Gasteiger partial charge on any atom is 0.252 e. The van der Waals surface area contributed by atoms with E-state index >= 15 is 0 Å². The van der Waals surface area contributed by atoms with Crippen LogP contribution in [-0.2, 0) is 32.5 Å². The summed E-state index contributed by atoms with van der Waals surface area (Å²) in [7, 11) is 0. The van der Waals surface area contributed by atoms with Crippen molar-refractivity contribution in [2.45, 2.75) is 185 Å². The van der Waals surface area contributed by atoms with Gasteiger partial charge >= 0.3 is 0 Å². The minimum Gasteiger partial charge on any atom is -0.311 e. The van der Waals surface area contributed by atoms with Gasteiger partial charge in [-0.2, -0.15) is 0 Å². The van der Waals surface area contributed by atoms with Gasteiger partial charge in [0.15, 0.2) is 0 Å². The van der Waals surface area contributed by atoms with Gasteiger partial charge in [0.25, 0.3) is 13.4 Å². The highest BCUT2D eigenvalue weighted by atomic mass is 15.2. The van der Waals surface area contributed by atoms with E-state index in [0.29, 0.717) is 0 Å². The summed E-state index contributed by atoms with van der Waals surface area (Å²) >= 11 is 0. The van der Waals surface area contributed by atoms with Gasteiger partial charge in [0.05, 0.1) is 0 Å². The number of rotatable bonds is 6. The lowest BCUT2D eigenvalue weighted by atomic mass is 9.30. The van der Waals surface area contributed by atoms with Crippen molar-refractivity contribution in [3.05, 3.63) is 262 Å². The van der Waals surface area contributed by atoms with Crippen LogP contribution in [0.25, 0.3) is 22.3 Å². The highest BCUT2D eigenvalue weighted by Gasteiger charge is 2.49. The molecule has 0 amide bonds. The molecular weight excluding hydrogens is 1210 g/mol. The van der Waals surface area contributed by atoms with Crippen molar-refractivity contribution in [3.63, 3.8) is 0 Å². The lowest BCUT2D eigenvalue weighted by Gasteiger charge is -2.48. The van der Waals surface area contributed by atoms with Gasteiger partial charge in [-0.3, -0.25) is 0 Å². The zero-order chi connectivity index (χ0) is 71.0. The number of fused-ring (bicyclic) bond motifs is 8. The summed E-state index contributed by atoms with van der Waals surface area (Å²) in [6, 6.07) is 82.7. The van der Waals surface area contributed by atoms with Crippen LogP contribution in [0.3, 0.4) is 0 Å². The Labute approximate surface area is 599 Å². The van der Waals surface area contributed by atoms with Crippen LogP contribution in [0.2, 0.25) is 0 Å². The van der Waals surface area contributed by atoms with Gasteiger partial charge in [0.1, 0.15) is 0 Å². The molecule has 11 aromatic rings. The van der Waals surface area contributed by atoms with Gasteiger partial charge < -0.3 is 19.6 Å². The van der Waals surface area contributed by atoms with E-state index in [4.69, 9.17) is 0 Å². The second kappa shape index (κ2) is 23.1. The van der Waals surface area contributed by atoms with Crippen LogP contribution in [0.1, 0.15) is 180 Å². The molecule has 0 radical (unpaired) electrons. The molecule has 502 valence electrons. The molecule has 0 bridgehead atoms. The van der Waals surface area contributed by atoms with Crippen molar-refractivity contribution in [1.29, 1.82) is 0 Å². The molecule has 100 heavy (non-hydrogen) atoms. The minimum atomic E-state index is -0.167. The predicted molar refractivity (Wildman–Crippen MR) is 437 cm³/mol. The van der Waals surface area contributed by atoms with Crippen molar-refractivity contribution < 1.29 is 0 Å². The third-order valence-electron chi connectivity index (χ3n) is 22.4. The number of nitrogens with zero attached hydrogens (tertiary/aromatic N) is 4. The van der Waals surface area contributed by atoms with Crippen LogP contribution in [-0.4, -0.2) is 13.4 Å². The maximum atomic E-state index is 2.73. The Bertz CT molecular complexity index is 4790. The third kappa shape index (κ3) is 11.2. The first-order valence-corrected chi connectivity index (χ1v) is 36.6. The van der Waals surface area contributed by atoms with Crippen molar-refractivity contribution >= 4 is 114 Å². The van der Waals surface area contributed by atoms with Gasteiger partial charge in [-0.15, -0.1) is 0 Å². The molecule has 0 unspecified atom stereocenters. The number of hydrogen-bond donors (Lipinski definition) is 0. The average molecular weight is 1310 g/mol. The van der Waals surface area contributed by atoms with Gasteiger partial charge in [0, 0.05) is 68.2 Å². The van der Waals surface area contributed by atoms with E-state index in [2.05, 4.69) is 378 Å². The zero-order valence-corrected chi connectivity index (χ0v) is 63.6. The Kier molecular flexibility index (Phi) is 15.4. The summed E-state index contributed by atoms with van der Waals surface area (Å²) in [5.41, 5.74) is 39.4. The normalized spacial score (nSPS) is 14.2. The van der Waals surface area contributed by atoms with Gasteiger partial charge in [-0.25, -0.2) is 0 Å². The summed E-state index contributed by atoms with van der Waals surface area (Å²) in [6.45, 7) is 50.9. The molecule has 0 aromatic heterocycles. The quantitative estimate of drug-likeness (QED) is 0.154. The molecule has 11 aromatic carbocycles. The van der Waals surface area contributed by atoms with E-state index in [1.807, 2.05) is 0 Å². The molecular formula is C94H100B2N4. The molecule has 4 heterocycles. The molecule has 0 N–H and O–H groups in total. The highest BCUT2D eigenvalue weighted by molar-refractivity contribution is 7.03. The fourth-order valence-corrected chi connectivity index (χ4v) is 16.4. The van der Waals surface area contributed by atoms with E-state index in [1.165, 1.54) is 156 Å². The molecule has 15 rings (SSSR count). The largest absolute Gasteiger partial charge is 0.311 e. The molecule has 0 fully saturated rings. The van der Waals surface area contributed by atoms with Crippen LogP contribution in [0.4, 0.5) is 68.2 Å². The summed E-state index contributed by atoms with van der Waals surface area (Å²) in [6.07, 6.45) is 0. The fraction of sp³-hybridized carbons (Fsp3) is 0.298. The number of anilines is 12. The number of hydrogen-bond acceptors (Lipinski definition) is 4. The molecule has 0 saturated carbocycles. The van der Waals surface area contributed by atoms with Gasteiger partial charge in [0.2, 0.25) is 0 Å². The first-order chi connectivity index (χ1) is 47.0.